The third-order valence-corrected chi connectivity index (χ3v) is 6.12. The lowest BCUT2D eigenvalue weighted by Gasteiger charge is -2.40. The molecule has 0 unspecified atom stereocenters. The molecule has 3 amide bonds. The SMILES string of the molecule is CC(=O)N1C[C@H](C(=O)N2CCN(C(=O)[C@@H]3COc4ccccc4O3)CC2)Oc2ccccc21. The highest BCUT2D eigenvalue weighted by molar-refractivity contribution is 5.96. The maximum Gasteiger partial charge on any atom is 0.267 e. The zero-order valence-electron chi connectivity index (χ0n) is 18.3. The summed E-state index contributed by atoms with van der Waals surface area (Å²) in [6, 6.07) is 14.5. The molecule has 3 heterocycles. The molecule has 1 saturated heterocycles. The van der Waals surface area contributed by atoms with Gasteiger partial charge in [-0.1, -0.05) is 24.3 Å². The summed E-state index contributed by atoms with van der Waals surface area (Å²) in [6.45, 7) is 3.36. The summed E-state index contributed by atoms with van der Waals surface area (Å²) in [4.78, 5) is 43.2. The van der Waals surface area contributed by atoms with Gasteiger partial charge < -0.3 is 28.9 Å². The first-order valence-corrected chi connectivity index (χ1v) is 11.0. The van der Waals surface area contributed by atoms with Gasteiger partial charge in [0.05, 0.1) is 12.2 Å². The number of nitrogens with zero attached hydrogens (tertiary/aromatic N) is 3. The molecule has 2 atom stereocenters. The highest BCUT2D eigenvalue weighted by Gasteiger charge is 2.38. The lowest BCUT2D eigenvalue weighted by molar-refractivity contribution is -0.148. The van der Waals surface area contributed by atoms with E-state index >= 15 is 0 Å². The Bertz CT molecular complexity index is 1080. The molecule has 172 valence electrons. The van der Waals surface area contributed by atoms with Gasteiger partial charge in [-0.15, -0.1) is 0 Å². The molecule has 5 rings (SSSR count). The molecule has 3 aliphatic rings. The molecular weight excluding hydrogens is 426 g/mol. The monoisotopic (exact) mass is 451 g/mol. The maximum atomic E-state index is 13.2. The summed E-state index contributed by atoms with van der Waals surface area (Å²) in [5.41, 5.74) is 0.667. The van der Waals surface area contributed by atoms with Gasteiger partial charge in [0.2, 0.25) is 12.0 Å². The van der Waals surface area contributed by atoms with Crippen LogP contribution in [0.4, 0.5) is 5.69 Å². The first-order chi connectivity index (χ1) is 16.0. The Morgan fingerprint density at radius 3 is 1.97 bits per heavy atom. The second kappa shape index (κ2) is 8.65. The molecule has 0 aliphatic carbocycles. The minimum Gasteiger partial charge on any atom is -0.485 e. The Hall–Kier alpha value is -3.75. The van der Waals surface area contributed by atoms with Crippen molar-refractivity contribution in [1.29, 1.82) is 0 Å². The molecule has 0 bridgehead atoms. The smallest absolute Gasteiger partial charge is 0.267 e. The number of rotatable bonds is 2. The quantitative estimate of drug-likeness (QED) is 0.684. The Balaban J connectivity index is 1.20. The van der Waals surface area contributed by atoms with Gasteiger partial charge in [0.15, 0.2) is 17.6 Å². The predicted octanol–water partition coefficient (Wildman–Crippen LogP) is 1.31. The van der Waals surface area contributed by atoms with Crippen LogP contribution in [0.5, 0.6) is 17.2 Å². The standard InChI is InChI=1S/C24H25N3O6/c1-16(28)27-14-21(32-18-7-3-2-6-17(18)27)23(29)25-10-12-26(13-11-25)24(30)22-15-31-19-8-4-5-9-20(19)33-22/h2-9,21-22H,10-15H2,1H3/t21-,22+/m1/s1. The summed E-state index contributed by atoms with van der Waals surface area (Å²) < 4.78 is 17.4. The van der Waals surface area contributed by atoms with Crippen molar-refractivity contribution in [3.05, 3.63) is 48.5 Å². The summed E-state index contributed by atoms with van der Waals surface area (Å²) in [5.74, 6) is 1.22. The van der Waals surface area contributed by atoms with Crippen LogP contribution < -0.4 is 19.1 Å². The van der Waals surface area contributed by atoms with Gasteiger partial charge in [-0.05, 0) is 24.3 Å². The molecule has 0 aromatic heterocycles. The van der Waals surface area contributed by atoms with Gasteiger partial charge in [-0.2, -0.15) is 0 Å². The fourth-order valence-corrected chi connectivity index (χ4v) is 4.36. The van der Waals surface area contributed by atoms with Crippen molar-refractivity contribution in [3.63, 3.8) is 0 Å². The number of hydrogen-bond acceptors (Lipinski definition) is 6. The third-order valence-electron chi connectivity index (χ3n) is 6.12. The van der Waals surface area contributed by atoms with Crippen LogP contribution in [0.25, 0.3) is 0 Å². The Morgan fingerprint density at radius 2 is 1.30 bits per heavy atom. The molecule has 3 aliphatic heterocycles. The maximum absolute atomic E-state index is 13.2. The third kappa shape index (κ3) is 4.06. The van der Waals surface area contributed by atoms with Crippen molar-refractivity contribution in [2.45, 2.75) is 19.1 Å². The summed E-state index contributed by atoms with van der Waals surface area (Å²) >= 11 is 0. The van der Waals surface area contributed by atoms with E-state index in [2.05, 4.69) is 0 Å². The normalized spacial score (nSPS) is 21.7. The first-order valence-electron chi connectivity index (χ1n) is 11.0. The lowest BCUT2D eigenvalue weighted by Crippen LogP contribution is -2.58. The van der Waals surface area contributed by atoms with E-state index in [1.807, 2.05) is 24.3 Å². The fourth-order valence-electron chi connectivity index (χ4n) is 4.36. The molecule has 1 fully saturated rings. The second-order valence-corrected chi connectivity index (χ2v) is 8.22. The van der Waals surface area contributed by atoms with Crippen LogP contribution in [0, 0.1) is 0 Å². The molecule has 33 heavy (non-hydrogen) atoms. The zero-order valence-corrected chi connectivity index (χ0v) is 18.3. The topological polar surface area (TPSA) is 88.6 Å². The zero-order chi connectivity index (χ0) is 22.9. The summed E-state index contributed by atoms with van der Waals surface area (Å²) in [7, 11) is 0. The van der Waals surface area contributed by atoms with Crippen molar-refractivity contribution in [2.24, 2.45) is 0 Å². The van der Waals surface area contributed by atoms with Crippen LogP contribution in [0.2, 0.25) is 0 Å². The van der Waals surface area contributed by atoms with E-state index < -0.39 is 12.2 Å². The number of amides is 3. The highest BCUT2D eigenvalue weighted by atomic mass is 16.6. The van der Waals surface area contributed by atoms with Crippen LogP contribution in [0.1, 0.15) is 6.92 Å². The Morgan fingerprint density at radius 1 is 0.758 bits per heavy atom. The summed E-state index contributed by atoms with van der Waals surface area (Å²) in [6.07, 6.45) is -1.48. The highest BCUT2D eigenvalue weighted by Crippen LogP contribution is 2.34. The number of piperazine rings is 1. The Labute approximate surface area is 191 Å². The van der Waals surface area contributed by atoms with E-state index in [0.29, 0.717) is 49.1 Å². The number of hydrogen-bond donors (Lipinski definition) is 0. The van der Waals surface area contributed by atoms with Crippen LogP contribution in [0.3, 0.4) is 0 Å². The number of ether oxygens (including phenoxy) is 3. The number of carbonyl (C=O) groups excluding carboxylic acids is 3. The van der Waals surface area contributed by atoms with E-state index in [4.69, 9.17) is 14.2 Å². The predicted molar refractivity (Wildman–Crippen MR) is 118 cm³/mol. The number of anilines is 1. The minimum absolute atomic E-state index is 0.143. The lowest BCUT2D eigenvalue weighted by atomic mass is 10.1. The van der Waals surface area contributed by atoms with Crippen LogP contribution in [-0.2, 0) is 14.4 Å². The minimum atomic E-state index is -0.780. The molecule has 0 N–H and O–H groups in total. The van der Waals surface area contributed by atoms with Crippen molar-refractivity contribution in [2.75, 3.05) is 44.2 Å². The van der Waals surface area contributed by atoms with E-state index in [9.17, 15) is 14.4 Å². The van der Waals surface area contributed by atoms with E-state index in [0.717, 1.165) is 0 Å². The average molecular weight is 451 g/mol. The fraction of sp³-hybridized carbons (Fsp3) is 0.375. The average Bonchev–Trinajstić information content (AvgIpc) is 2.86. The van der Waals surface area contributed by atoms with Crippen molar-refractivity contribution in [3.8, 4) is 17.2 Å². The molecule has 9 heteroatoms. The number of carbonyl (C=O) groups is 3. The van der Waals surface area contributed by atoms with Crippen molar-refractivity contribution >= 4 is 23.4 Å². The van der Waals surface area contributed by atoms with Gasteiger partial charge in [-0.25, -0.2) is 0 Å². The molecule has 0 saturated carbocycles. The van der Waals surface area contributed by atoms with Crippen LogP contribution in [-0.4, -0.2) is 79.1 Å². The van der Waals surface area contributed by atoms with Crippen LogP contribution >= 0.6 is 0 Å². The van der Waals surface area contributed by atoms with Crippen LogP contribution in [0.15, 0.2) is 48.5 Å². The molecule has 0 radical (unpaired) electrons. The molecular formula is C24H25N3O6. The molecule has 9 nitrogen and oxygen atoms in total. The summed E-state index contributed by atoms with van der Waals surface area (Å²) in [5, 5.41) is 0. The van der Waals surface area contributed by atoms with Gasteiger partial charge in [0.1, 0.15) is 12.4 Å². The molecule has 2 aromatic carbocycles. The molecule has 2 aromatic rings. The number of benzene rings is 2. The van der Waals surface area contributed by atoms with Gasteiger partial charge in [0.25, 0.3) is 11.8 Å². The molecule has 0 spiro atoms. The van der Waals surface area contributed by atoms with Crippen molar-refractivity contribution in [1.82, 2.24) is 9.80 Å². The van der Waals surface area contributed by atoms with Gasteiger partial charge in [0, 0.05) is 33.1 Å². The second-order valence-electron chi connectivity index (χ2n) is 8.22. The first kappa shape index (κ1) is 21.1. The Kier molecular flexibility index (Phi) is 5.53. The van der Waals surface area contributed by atoms with Crippen molar-refractivity contribution < 1.29 is 28.6 Å². The van der Waals surface area contributed by atoms with E-state index in [1.54, 1.807) is 39.0 Å². The van der Waals surface area contributed by atoms with Gasteiger partial charge in [-0.3, -0.25) is 14.4 Å². The van der Waals surface area contributed by atoms with Gasteiger partial charge >= 0.3 is 0 Å². The largest absolute Gasteiger partial charge is 0.485 e. The van der Waals surface area contributed by atoms with E-state index in [-0.39, 0.29) is 30.9 Å². The van der Waals surface area contributed by atoms with E-state index in [1.165, 1.54) is 6.92 Å². The number of fused-ring (bicyclic) bond motifs is 2. The number of para-hydroxylation sites is 4.